The van der Waals surface area contributed by atoms with Gasteiger partial charge in [-0.25, -0.2) is 29.9 Å². The fourth-order valence-electron chi connectivity index (χ4n) is 2.93. The number of H-pyrrole nitrogens is 4. The Bertz CT molecular complexity index is 1540. The van der Waals surface area contributed by atoms with Gasteiger partial charge in [0.15, 0.2) is 33.5 Å². The SMILES string of the molecule is O=C([O-])C(F)(F)F.O=C([O-])C(F)(F)F.c1ccc2[nH+]c(-c3cscn3)[nH]c2c1.c1ccc2[nH+]c(-c3cscn3)[nH]c2c1. The van der Waals surface area contributed by atoms with Crippen LogP contribution in [0.25, 0.3) is 45.1 Å². The van der Waals surface area contributed by atoms with Crippen LogP contribution in [0.2, 0.25) is 0 Å². The number of imidazole rings is 2. The van der Waals surface area contributed by atoms with Gasteiger partial charge in [-0.2, -0.15) is 26.3 Å². The molecule has 6 rings (SSSR count). The number of nitrogens with one attached hydrogen (secondary N) is 4. The van der Waals surface area contributed by atoms with Gasteiger partial charge in [-0.05, 0) is 24.3 Å². The fraction of sp³-hybridized carbons (Fsp3) is 0.0833. The summed E-state index contributed by atoms with van der Waals surface area (Å²) in [5.41, 5.74) is 10.0. The first-order valence-electron chi connectivity index (χ1n) is 11.1. The number of carboxylic acids is 2. The summed E-state index contributed by atoms with van der Waals surface area (Å²) < 4.78 is 63.1. The standard InChI is InChI=1S/2C10H7N3S.2C2HF3O2/c2*1-2-4-8-7(3-1)12-10(13-8)9-5-14-6-11-9;2*3-2(4,5)1(6)7/h2*1-6H,(H,12,13);2*(H,6,7). The van der Waals surface area contributed by atoms with Gasteiger partial charge in [0, 0.05) is 10.8 Å². The summed E-state index contributed by atoms with van der Waals surface area (Å²) in [7, 11) is 0. The predicted octanol–water partition coefficient (Wildman–Crippen LogP) is 2.81. The van der Waals surface area contributed by atoms with E-state index in [1.54, 1.807) is 22.7 Å². The van der Waals surface area contributed by atoms with Crippen molar-refractivity contribution in [1.82, 2.24) is 19.9 Å². The molecule has 6 aromatic rings. The highest BCUT2D eigenvalue weighted by molar-refractivity contribution is 7.08. The summed E-state index contributed by atoms with van der Waals surface area (Å²) in [5, 5.41) is 21.6. The average Bonchev–Trinajstić information content (AvgIpc) is 3.74. The number of benzene rings is 2. The molecule has 0 atom stereocenters. The lowest BCUT2D eigenvalue weighted by atomic mass is 10.3. The number of para-hydroxylation sites is 4. The third-order valence-electron chi connectivity index (χ3n) is 4.73. The van der Waals surface area contributed by atoms with Gasteiger partial charge in [0.2, 0.25) is 0 Å². The minimum absolute atomic E-state index is 0.964. The molecule has 4 N–H and O–H groups in total. The Morgan fingerprint density at radius 1 is 0.667 bits per heavy atom. The molecule has 4 heterocycles. The van der Waals surface area contributed by atoms with Gasteiger partial charge in [-0.3, -0.25) is 0 Å². The van der Waals surface area contributed by atoms with E-state index >= 15 is 0 Å². The summed E-state index contributed by atoms with van der Waals surface area (Å²) in [5.74, 6) is -4.08. The van der Waals surface area contributed by atoms with E-state index in [9.17, 15) is 26.3 Å². The second-order valence-electron chi connectivity index (χ2n) is 7.66. The second kappa shape index (κ2) is 13.7. The van der Waals surface area contributed by atoms with Gasteiger partial charge in [-0.1, -0.05) is 24.3 Å². The largest absolute Gasteiger partial charge is 0.542 e. The number of rotatable bonds is 2. The van der Waals surface area contributed by atoms with Crippen LogP contribution in [0.5, 0.6) is 0 Å². The number of carbonyl (C=O) groups is 2. The van der Waals surface area contributed by atoms with E-state index in [-0.39, 0.29) is 0 Å². The molecule has 0 aliphatic carbocycles. The van der Waals surface area contributed by atoms with Crippen molar-refractivity contribution in [1.29, 1.82) is 0 Å². The predicted molar refractivity (Wildman–Crippen MR) is 134 cm³/mol. The van der Waals surface area contributed by atoms with Gasteiger partial charge in [-0.15, -0.1) is 22.7 Å². The molecule has 220 valence electrons. The molecule has 0 aliphatic rings. The molecule has 0 spiro atoms. The number of hydrogen-bond donors (Lipinski definition) is 2. The molecule has 2 aromatic carbocycles. The summed E-state index contributed by atoms with van der Waals surface area (Å²) in [4.78, 5) is 39.2. The number of halogens is 6. The van der Waals surface area contributed by atoms with E-state index in [0.717, 1.165) is 45.1 Å². The lowest BCUT2D eigenvalue weighted by molar-refractivity contribution is -0.344. The van der Waals surface area contributed by atoms with Gasteiger partial charge in [0.05, 0.1) is 11.0 Å². The van der Waals surface area contributed by atoms with E-state index in [4.69, 9.17) is 19.8 Å². The molecular formula is C24H16F6N6O4S2. The van der Waals surface area contributed by atoms with Gasteiger partial charge in [0.25, 0.3) is 0 Å². The number of carboxylic acid groups (broad SMARTS) is 2. The van der Waals surface area contributed by atoms with Crippen LogP contribution < -0.4 is 20.2 Å². The summed E-state index contributed by atoms with van der Waals surface area (Å²) in [6.07, 6.45) is -10.4. The zero-order valence-corrected chi connectivity index (χ0v) is 22.2. The zero-order chi connectivity index (χ0) is 30.9. The third kappa shape index (κ3) is 9.10. The molecule has 0 fully saturated rings. The highest BCUT2D eigenvalue weighted by Gasteiger charge is 2.29. The number of hydrogen-bond acceptors (Lipinski definition) is 8. The number of aliphatic carboxylic acids is 2. The molecular weight excluding hydrogens is 614 g/mol. The van der Waals surface area contributed by atoms with Gasteiger partial charge >= 0.3 is 24.0 Å². The number of thiazole rings is 2. The van der Waals surface area contributed by atoms with Crippen LogP contribution in [-0.4, -0.2) is 44.2 Å². The second-order valence-corrected chi connectivity index (χ2v) is 9.10. The van der Waals surface area contributed by atoms with Crippen LogP contribution >= 0.6 is 22.7 Å². The fourth-order valence-corrected chi connectivity index (χ4v) is 4.02. The Labute approximate surface area is 238 Å². The smallest absolute Gasteiger partial charge is 0.430 e. The summed E-state index contributed by atoms with van der Waals surface area (Å²) in [6.45, 7) is 0. The maximum atomic E-state index is 10.5. The van der Waals surface area contributed by atoms with Crippen molar-refractivity contribution in [2.24, 2.45) is 0 Å². The Balaban J connectivity index is 0.000000163. The van der Waals surface area contributed by atoms with E-state index in [1.165, 1.54) is 0 Å². The van der Waals surface area contributed by atoms with Crippen molar-refractivity contribution in [3.8, 4) is 23.0 Å². The Hall–Kier alpha value is -4.84. The third-order valence-corrected chi connectivity index (χ3v) is 5.91. The number of aromatic nitrogens is 6. The van der Waals surface area contributed by atoms with Crippen LogP contribution in [0.3, 0.4) is 0 Å². The van der Waals surface area contributed by atoms with Crippen molar-refractivity contribution in [3.05, 3.63) is 70.3 Å². The first-order valence-corrected chi connectivity index (χ1v) is 13.0. The van der Waals surface area contributed by atoms with Crippen LogP contribution in [-0.2, 0) is 9.59 Å². The number of fused-ring (bicyclic) bond motifs is 2. The minimum atomic E-state index is -5.19. The molecule has 10 nitrogen and oxygen atoms in total. The first-order chi connectivity index (χ1) is 19.8. The maximum Gasteiger partial charge on any atom is 0.430 e. The van der Waals surface area contributed by atoms with E-state index < -0.39 is 24.3 Å². The van der Waals surface area contributed by atoms with Crippen molar-refractivity contribution < 1.29 is 56.1 Å². The molecule has 0 bridgehead atoms. The van der Waals surface area contributed by atoms with Crippen LogP contribution in [0.15, 0.2) is 70.3 Å². The Morgan fingerprint density at radius 3 is 1.26 bits per heavy atom. The maximum absolute atomic E-state index is 10.5. The monoisotopic (exact) mass is 630 g/mol. The topological polar surface area (TPSA) is 166 Å². The molecule has 0 unspecified atom stereocenters. The number of aromatic amines is 4. The molecule has 0 amide bonds. The quantitative estimate of drug-likeness (QED) is 0.279. The molecule has 42 heavy (non-hydrogen) atoms. The van der Waals surface area contributed by atoms with Crippen molar-refractivity contribution in [2.75, 3.05) is 0 Å². The van der Waals surface area contributed by atoms with Crippen LogP contribution in [0.1, 0.15) is 0 Å². The molecule has 0 radical (unpaired) electrons. The molecule has 0 aliphatic heterocycles. The summed E-state index contributed by atoms with van der Waals surface area (Å²) in [6, 6.07) is 16.2. The first kappa shape index (κ1) is 31.7. The highest BCUT2D eigenvalue weighted by atomic mass is 32.1. The van der Waals surface area contributed by atoms with Crippen molar-refractivity contribution in [2.45, 2.75) is 12.4 Å². The normalized spacial score (nSPS) is 11.0. The highest BCUT2D eigenvalue weighted by Crippen LogP contribution is 2.17. The molecule has 0 saturated carbocycles. The molecule has 18 heteroatoms. The van der Waals surface area contributed by atoms with Crippen molar-refractivity contribution >= 4 is 56.7 Å². The molecule has 4 aromatic heterocycles. The number of nitrogens with zero attached hydrogens (tertiary/aromatic N) is 2. The van der Waals surface area contributed by atoms with Crippen LogP contribution in [0, 0.1) is 0 Å². The lowest BCUT2D eigenvalue weighted by Crippen LogP contribution is -2.37. The van der Waals surface area contributed by atoms with Crippen LogP contribution in [0.4, 0.5) is 26.3 Å². The molecule has 0 saturated heterocycles. The van der Waals surface area contributed by atoms with Gasteiger partial charge < -0.3 is 19.8 Å². The minimum Gasteiger partial charge on any atom is -0.542 e. The Morgan fingerprint density at radius 2 is 1.00 bits per heavy atom. The number of carbonyl (C=O) groups excluding carboxylic acids is 2. The van der Waals surface area contributed by atoms with Gasteiger partial charge in [0.1, 0.15) is 11.9 Å². The van der Waals surface area contributed by atoms with E-state index in [2.05, 4.69) is 29.9 Å². The average molecular weight is 631 g/mol. The lowest BCUT2D eigenvalue weighted by Gasteiger charge is -2.03. The summed E-state index contributed by atoms with van der Waals surface area (Å²) >= 11 is 3.19. The zero-order valence-electron chi connectivity index (χ0n) is 20.5. The van der Waals surface area contributed by atoms with E-state index in [0.29, 0.717) is 0 Å². The number of alkyl halides is 6. The van der Waals surface area contributed by atoms with E-state index in [1.807, 2.05) is 70.3 Å². The van der Waals surface area contributed by atoms with Crippen molar-refractivity contribution in [3.63, 3.8) is 0 Å². The Kier molecular flexibility index (Phi) is 10.3.